The molecule has 8 aromatic rings. The molecule has 0 amide bonds. The molecule has 2 aliphatic rings. The highest BCUT2D eigenvalue weighted by Gasteiger charge is 2.49. The van der Waals surface area contributed by atoms with Crippen molar-refractivity contribution in [2.45, 2.75) is 74.8 Å². The van der Waals surface area contributed by atoms with Crippen LogP contribution in [0.2, 0.25) is 0 Å². The molecule has 2 fully saturated rings. The van der Waals surface area contributed by atoms with Gasteiger partial charge in [0.25, 0.3) is 11.1 Å². The molecule has 424 valence electrons. The Bertz CT molecular complexity index is 3630. The number of nitrogens with one attached hydrogen (secondary N) is 2. The largest absolute Gasteiger partial charge is 0.522 e. The van der Waals surface area contributed by atoms with Gasteiger partial charge in [-0.15, -0.1) is 9.05 Å². The van der Waals surface area contributed by atoms with E-state index in [2.05, 4.69) is 9.97 Å². The van der Waals surface area contributed by atoms with Gasteiger partial charge in [-0.25, -0.2) is 9.59 Å². The molecule has 82 heavy (non-hydrogen) atoms. The maximum Gasteiger partial charge on any atom is 0.522 e. The summed E-state index contributed by atoms with van der Waals surface area (Å²) in [5.41, 5.74) is 0.349. The van der Waals surface area contributed by atoms with E-state index in [1.807, 2.05) is 158 Å². The summed E-state index contributed by atoms with van der Waals surface area (Å²) in [6.07, 6.45) is -2.11. The van der Waals surface area contributed by atoms with Crippen molar-refractivity contribution >= 4 is 19.0 Å². The van der Waals surface area contributed by atoms with Crippen LogP contribution in [0.25, 0.3) is 0 Å². The molecule has 2 aliphatic heterocycles. The molecule has 2 saturated heterocycles. The zero-order valence-corrected chi connectivity index (χ0v) is 47.6. The average Bonchev–Trinajstić information content (AvgIpc) is 4.18. The first-order valence-electron chi connectivity index (χ1n) is 26.5. The van der Waals surface area contributed by atoms with Crippen LogP contribution < -0.4 is 41.4 Å². The molecule has 20 heteroatoms. The monoisotopic (exact) mass is 1150 g/mol. The van der Waals surface area contributed by atoms with Crippen molar-refractivity contribution < 1.29 is 46.9 Å². The number of nitrogens with zero attached hydrogens (tertiary/aromatic N) is 2. The minimum Gasteiger partial charge on any atom is -0.497 e. The van der Waals surface area contributed by atoms with Gasteiger partial charge in [-0.1, -0.05) is 109 Å². The van der Waals surface area contributed by atoms with Crippen LogP contribution >= 0.6 is 7.15 Å². The predicted octanol–water partition coefficient (Wildman–Crippen LogP) is 8.87. The molecule has 2 aromatic heterocycles. The van der Waals surface area contributed by atoms with Crippen LogP contribution in [-0.2, 0) is 51.0 Å². The molecule has 7 atom stereocenters. The number of H-pyrrole nitrogens is 2. The Morgan fingerprint density at radius 3 is 1.26 bits per heavy atom. The topological polar surface area (TPSA) is 202 Å². The lowest BCUT2D eigenvalue weighted by Gasteiger charge is -2.39. The number of aromatic nitrogens is 4. The van der Waals surface area contributed by atoms with Gasteiger partial charge in [0, 0.05) is 36.4 Å². The van der Waals surface area contributed by atoms with Crippen molar-refractivity contribution in [1.82, 2.24) is 19.1 Å². The van der Waals surface area contributed by atoms with Gasteiger partial charge in [0.2, 0.25) is 11.8 Å². The van der Waals surface area contributed by atoms with Crippen LogP contribution in [0.5, 0.6) is 23.0 Å². The Morgan fingerprint density at radius 1 is 0.500 bits per heavy atom. The van der Waals surface area contributed by atoms with Crippen molar-refractivity contribution in [3.8, 4) is 23.0 Å². The highest BCUT2D eigenvalue weighted by molar-refractivity contribution is 8.00. The number of ether oxygens (including phenoxy) is 8. The molecule has 6 aromatic carbocycles. The second-order valence-electron chi connectivity index (χ2n) is 19.8. The molecule has 0 aliphatic carbocycles. The van der Waals surface area contributed by atoms with E-state index in [9.17, 15) is 19.2 Å². The van der Waals surface area contributed by atoms with E-state index in [-0.39, 0.29) is 26.1 Å². The Balaban J connectivity index is 0.997. The van der Waals surface area contributed by atoms with Gasteiger partial charge in [-0.3, -0.25) is 28.7 Å². The van der Waals surface area contributed by atoms with E-state index in [1.165, 1.54) is 21.5 Å². The summed E-state index contributed by atoms with van der Waals surface area (Å²) < 4.78 is 66.7. The van der Waals surface area contributed by atoms with E-state index in [0.29, 0.717) is 34.1 Å². The summed E-state index contributed by atoms with van der Waals surface area (Å²) in [5, 5.41) is 0. The number of benzene rings is 6. The first-order valence-corrected chi connectivity index (χ1v) is 28.7. The van der Waals surface area contributed by atoms with Gasteiger partial charge in [-0.05, 0) is 95.8 Å². The fourth-order valence-electron chi connectivity index (χ4n) is 10.7. The second-order valence-corrected chi connectivity index (χ2v) is 21.6. The van der Waals surface area contributed by atoms with Crippen molar-refractivity contribution in [1.29, 1.82) is 0 Å². The summed E-state index contributed by atoms with van der Waals surface area (Å²) in [5.74, 6) is 2.58. The number of aryl methyl sites for hydroxylation is 2. The third-order valence-electron chi connectivity index (χ3n) is 15.0. The third-order valence-corrected chi connectivity index (χ3v) is 16.4. The molecule has 0 spiro atoms. The molecular formula is C62H62N4O14PS+. The normalized spacial score (nSPS) is 19.2. The lowest BCUT2D eigenvalue weighted by Crippen LogP contribution is -2.41. The standard InChI is InChI=1S/C62H61N4O14PS/c1-39-35-65(59(69)63-57(39)67)55-33-51(79-62(42-15-11-8-12-16-42,45-21-29-49(73-5)30-22-45)46-23-31-50(74-6)32-24-46)54(78-55)38-76-81(82)80-52-34-56(66-36-40(2)58(68)64-60(66)70)77-53(52)37-75-61(41-13-9-7-10-14-41,43-17-25-47(71-3)26-18-43)44-19-27-48(72-4)28-20-44/h7-32,35-36,51-56H,33-34,37-38H2,1-6H3,(H-,63,64,67,68,69,70)/p+1/t51-,52-,53+,54+,55+,56+/m0/s1. The van der Waals surface area contributed by atoms with Crippen molar-refractivity contribution in [3.05, 3.63) is 256 Å². The third kappa shape index (κ3) is 11.8. The minimum absolute atomic E-state index is 0.0985. The maximum absolute atomic E-state index is 13.6. The lowest BCUT2D eigenvalue weighted by molar-refractivity contribution is -0.0988. The van der Waals surface area contributed by atoms with Crippen LogP contribution in [0.15, 0.2) is 189 Å². The Labute approximate surface area is 478 Å². The first-order chi connectivity index (χ1) is 39.8. The van der Waals surface area contributed by atoms with Gasteiger partial charge in [0.05, 0.1) is 41.2 Å². The zero-order valence-electron chi connectivity index (χ0n) is 45.9. The van der Waals surface area contributed by atoms with Crippen LogP contribution in [0.4, 0.5) is 0 Å². The summed E-state index contributed by atoms with van der Waals surface area (Å²) in [6, 6.07) is 50.0. The van der Waals surface area contributed by atoms with E-state index in [4.69, 9.17) is 58.7 Å². The first kappa shape index (κ1) is 57.4. The molecule has 18 nitrogen and oxygen atoms in total. The average molecular weight is 1150 g/mol. The second kappa shape index (κ2) is 25.1. The van der Waals surface area contributed by atoms with E-state index >= 15 is 0 Å². The minimum atomic E-state index is -2.21. The fourth-order valence-corrected chi connectivity index (χ4v) is 12.0. The summed E-state index contributed by atoms with van der Waals surface area (Å²) in [6.45, 7) is 2.94. The highest BCUT2D eigenvalue weighted by atomic mass is 32.4. The number of rotatable bonds is 22. The SMILES string of the molecule is COc1ccc(C(OC[C@H]2O[C@@H](n3cc(C)c(=O)[nH]c3=O)C[C@@H]2O[P+](=S)OC[C@H]2O[C@@H](n3cc(C)c(=O)[nH]c3=O)C[C@@H]2OC(c2ccccc2)(c2ccc(OC)cc2)c2ccc(OC)cc2)(c2ccccc2)c2ccc(OC)cc2)cc1. The summed E-state index contributed by atoms with van der Waals surface area (Å²) in [4.78, 5) is 57.1. The smallest absolute Gasteiger partial charge is 0.497 e. The quantitative estimate of drug-likeness (QED) is 0.0481. The number of hydrogen-bond acceptors (Lipinski definition) is 15. The van der Waals surface area contributed by atoms with Gasteiger partial charge in [-0.2, -0.15) is 0 Å². The molecule has 0 radical (unpaired) electrons. The van der Waals surface area contributed by atoms with Gasteiger partial charge >= 0.3 is 18.5 Å². The van der Waals surface area contributed by atoms with E-state index in [1.54, 1.807) is 42.3 Å². The van der Waals surface area contributed by atoms with E-state index in [0.717, 1.165) is 33.4 Å². The zero-order chi connectivity index (χ0) is 57.5. The molecule has 2 N–H and O–H groups in total. The van der Waals surface area contributed by atoms with Crippen LogP contribution in [-0.4, -0.2) is 85.2 Å². The molecule has 1 unspecified atom stereocenters. The number of hydrogen-bond donors (Lipinski definition) is 2. The van der Waals surface area contributed by atoms with Gasteiger partial charge < -0.3 is 37.9 Å². The van der Waals surface area contributed by atoms with Gasteiger partial charge in [0.1, 0.15) is 71.6 Å². The molecule has 4 heterocycles. The lowest BCUT2D eigenvalue weighted by atomic mass is 9.79. The summed E-state index contributed by atoms with van der Waals surface area (Å²) >= 11 is 6.08. The summed E-state index contributed by atoms with van der Waals surface area (Å²) in [7, 11) is 4.20. The van der Waals surface area contributed by atoms with Crippen molar-refractivity contribution in [2.24, 2.45) is 0 Å². The number of methoxy groups -OCH3 is 4. The van der Waals surface area contributed by atoms with Crippen molar-refractivity contribution in [3.63, 3.8) is 0 Å². The highest BCUT2D eigenvalue weighted by Crippen LogP contribution is 2.48. The Morgan fingerprint density at radius 2 is 0.854 bits per heavy atom. The van der Waals surface area contributed by atoms with Gasteiger partial charge in [0.15, 0.2) is 0 Å². The van der Waals surface area contributed by atoms with E-state index < -0.39 is 77.7 Å². The fraction of sp³-hybridized carbons (Fsp3) is 0.290. The van der Waals surface area contributed by atoms with Crippen molar-refractivity contribution in [2.75, 3.05) is 41.7 Å². The Hall–Kier alpha value is -7.84. The molecule has 10 rings (SSSR count). The Kier molecular flexibility index (Phi) is 17.6. The predicted molar refractivity (Wildman–Crippen MR) is 310 cm³/mol. The molecule has 0 saturated carbocycles. The van der Waals surface area contributed by atoms with Crippen LogP contribution in [0, 0.1) is 13.8 Å². The molecular weight excluding hydrogens is 1090 g/mol. The van der Waals surface area contributed by atoms with Crippen LogP contribution in [0.1, 0.15) is 69.8 Å². The van der Waals surface area contributed by atoms with Crippen LogP contribution in [0.3, 0.4) is 0 Å². The number of aromatic amines is 2. The molecule has 0 bridgehead atoms. The maximum atomic E-state index is 13.6.